The molecule has 0 spiro atoms. The largest absolute Gasteiger partial charge is 0.485 e. The van der Waals surface area contributed by atoms with Crippen LogP contribution in [0.5, 0.6) is 5.75 Å². The third-order valence-electron chi connectivity index (χ3n) is 2.89. The Kier molecular flexibility index (Phi) is 3.62. The van der Waals surface area contributed by atoms with E-state index in [1.54, 1.807) is 4.68 Å². The molecule has 0 unspecified atom stereocenters. The van der Waals surface area contributed by atoms with Gasteiger partial charge in [-0.15, -0.1) is 0 Å². The third-order valence-corrected chi connectivity index (χ3v) is 2.89. The van der Waals surface area contributed by atoms with Gasteiger partial charge in [0.1, 0.15) is 18.7 Å². The van der Waals surface area contributed by atoms with E-state index in [1.165, 1.54) is 6.33 Å². The summed E-state index contributed by atoms with van der Waals surface area (Å²) in [6, 6.07) is 6.03. The molecule has 0 saturated carbocycles. The zero-order chi connectivity index (χ0) is 13.1. The van der Waals surface area contributed by atoms with E-state index in [9.17, 15) is 0 Å². The summed E-state index contributed by atoms with van der Waals surface area (Å²) in [6.07, 6.45) is 1.52. The second-order valence-corrected chi connectivity index (χ2v) is 4.40. The molecule has 5 heteroatoms. The Morgan fingerprint density at radius 3 is 2.78 bits per heavy atom. The molecular weight excluding hydrogens is 228 g/mol. The van der Waals surface area contributed by atoms with Crippen LogP contribution in [-0.4, -0.2) is 14.8 Å². The Labute approximate surface area is 107 Å². The molecule has 96 valence electrons. The minimum atomic E-state index is 0.0384. The highest BCUT2D eigenvalue weighted by molar-refractivity contribution is 5.37. The van der Waals surface area contributed by atoms with Gasteiger partial charge < -0.3 is 10.5 Å². The number of aryl methyl sites for hydroxylation is 2. The maximum atomic E-state index is 5.84. The van der Waals surface area contributed by atoms with Gasteiger partial charge in [-0.25, -0.2) is 4.98 Å². The Balaban J connectivity index is 2.08. The summed E-state index contributed by atoms with van der Waals surface area (Å²) in [7, 11) is 1.84. The van der Waals surface area contributed by atoms with Crippen LogP contribution in [0.4, 0.5) is 0 Å². The van der Waals surface area contributed by atoms with Crippen molar-refractivity contribution in [2.75, 3.05) is 0 Å². The zero-order valence-electron chi connectivity index (χ0n) is 10.9. The van der Waals surface area contributed by atoms with Gasteiger partial charge in [0.2, 0.25) is 0 Å². The number of rotatable bonds is 4. The lowest BCUT2D eigenvalue weighted by Crippen LogP contribution is -2.07. The molecular formula is C13H18N4O. The van der Waals surface area contributed by atoms with Crippen molar-refractivity contribution in [2.24, 2.45) is 12.8 Å². The first-order valence-corrected chi connectivity index (χ1v) is 5.89. The highest BCUT2D eigenvalue weighted by atomic mass is 16.5. The van der Waals surface area contributed by atoms with Crippen LogP contribution in [0.1, 0.15) is 29.9 Å². The molecule has 0 saturated heterocycles. The predicted octanol–water partition coefficient (Wildman–Crippen LogP) is 1.72. The number of ether oxygens (including phenoxy) is 1. The maximum Gasteiger partial charge on any atom is 0.164 e. The third kappa shape index (κ3) is 2.68. The standard InChI is InChI=1S/C13H18N4O/c1-9-6-11(10(2)14)4-5-12(9)18-7-13-15-8-16-17(13)3/h4-6,8,10H,7,14H2,1-3H3/t10-/m0/s1. The molecule has 1 aromatic carbocycles. The summed E-state index contributed by atoms with van der Waals surface area (Å²) in [4.78, 5) is 4.11. The lowest BCUT2D eigenvalue weighted by atomic mass is 10.1. The molecule has 2 aromatic rings. The Bertz CT molecular complexity index is 534. The SMILES string of the molecule is Cc1cc([C@H](C)N)ccc1OCc1ncnn1C. The van der Waals surface area contributed by atoms with Crippen LogP contribution in [0.2, 0.25) is 0 Å². The van der Waals surface area contributed by atoms with Gasteiger partial charge in [-0.2, -0.15) is 5.10 Å². The van der Waals surface area contributed by atoms with Gasteiger partial charge in [0, 0.05) is 13.1 Å². The van der Waals surface area contributed by atoms with Crippen molar-refractivity contribution >= 4 is 0 Å². The van der Waals surface area contributed by atoms with Crippen molar-refractivity contribution in [3.8, 4) is 5.75 Å². The van der Waals surface area contributed by atoms with Crippen molar-refractivity contribution in [2.45, 2.75) is 26.5 Å². The lowest BCUT2D eigenvalue weighted by Gasteiger charge is -2.12. The Morgan fingerprint density at radius 2 is 2.22 bits per heavy atom. The second kappa shape index (κ2) is 5.18. The number of hydrogen-bond acceptors (Lipinski definition) is 4. The predicted molar refractivity (Wildman–Crippen MR) is 69.1 cm³/mol. The van der Waals surface area contributed by atoms with Crippen molar-refractivity contribution in [1.29, 1.82) is 0 Å². The van der Waals surface area contributed by atoms with Gasteiger partial charge in [-0.05, 0) is 31.0 Å². The van der Waals surface area contributed by atoms with Crippen LogP contribution < -0.4 is 10.5 Å². The molecule has 0 bridgehead atoms. The van der Waals surface area contributed by atoms with Crippen LogP contribution in [0.25, 0.3) is 0 Å². The van der Waals surface area contributed by atoms with Crippen molar-refractivity contribution < 1.29 is 4.74 Å². The molecule has 2 N–H and O–H groups in total. The monoisotopic (exact) mass is 246 g/mol. The molecule has 2 rings (SSSR count). The van der Waals surface area contributed by atoms with E-state index >= 15 is 0 Å². The second-order valence-electron chi connectivity index (χ2n) is 4.40. The average molecular weight is 246 g/mol. The van der Waals surface area contributed by atoms with Gasteiger partial charge in [-0.3, -0.25) is 4.68 Å². The topological polar surface area (TPSA) is 66.0 Å². The molecule has 0 aliphatic carbocycles. The molecule has 0 aliphatic rings. The molecule has 5 nitrogen and oxygen atoms in total. The fraction of sp³-hybridized carbons (Fsp3) is 0.385. The molecule has 1 heterocycles. The smallest absolute Gasteiger partial charge is 0.164 e. The van der Waals surface area contributed by atoms with E-state index < -0.39 is 0 Å². The van der Waals surface area contributed by atoms with E-state index in [0.717, 1.165) is 22.7 Å². The van der Waals surface area contributed by atoms with E-state index in [0.29, 0.717) is 6.61 Å². The van der Waals surface area contributed by atoms with E-state index in [4.69, 9.17) is 10.5 Å². The Hall–Kier alpha value is -1.88. The Morgan fingerprint density at radius 1 is 1.44 bits per heavy atom. The highest BCUT2D eigenvalue weighted by Gasteiger charge is 2.06. The summed E-state index contributed by atoms with van der Waals surface area (Å²) in [6.45, 7) is 4.39. The fourth-order valence-electron chi connectivity index (χ4n) is 1.71. The highest BCUT2D eigenvalue weighted by Crippen LogP contribution is 2.22. The van der Waals surface area contributed by atoms with Gasteiger partial charge in [0.25, 0.3) is 0 Å². The van der Waals surface area contributed by atoms with Gasteiger partial charge in [0.05, 0.1) is 0 Å². The summed E-state index contributed by atoms with van der Waals surface area (Å²) < 4.78 is 7.43. The molecule has 1 atom stereocenters. The minimum absolute atomic E-state index is 0.0384. The van der Waals surface area contributed by atoms with Crippen molar-refractivity contribution in [3.05, 3.63) is 41.5 Å². The lowest BCUT2D eigenvalue weighted by molar-refractivity contribution is 0.287. The first-order chi connectivity index (χ1) is 8.58. The molecule has 0 radical (unpaired) electrons. The van der Waals surface area contributed by atoms with Crippen LogP contribution >= 0.6 is 0 Å². The number of nitrogens with zero attached hydrogens (tertiary/aromatic N) is 3. The maximum absolute atomic E-state index is 5.84. The van der Waals surface area contributed by atoms with Crippen LogP contribution in [0, 0.1) is 6.92 Å². The van der Waals surface area contributed by atoms with Gasteiger partial charge in [-0.1, -0.05) is 12.1 Å². The first kappa shape index (κ1) is 12.6. The summed E-state index contributed by atoms with van der Waals surface area (Å²) >= 11 is 0. The van der Waals surface area contributed by atoms with Crippen LogP contribution in [0.15, 0.2) is 24.5 Å². The number of benzene rings is 1. The van der Waals surface area contributed by atoms with Gasteiger partial charge in [0.15, 0.2) is 5.82 Å². The molecule has 0 aliphatic heterocycles. The quantitative estimate of drug-likeness (QED) is 0.892. The van der Waals surface area contributed by atoms with E-state index in [1.807, 2.05) is 33.0 Å². The van der Waals surface area contributed by atoms with Gasteiger partial charge >= 0.3 is 0 Å². The summed E-state index contributed by atoms with van der Waals surface area (Å²) in [5.41, 5.74) is 8.03. The molecule has 0 amide bonds. The minimum Gasteiger partial charge on any atom is -0.485 e. The van der Waals surface area contributed by atoms with Crippen molar-refractivity contribution in [1.82, 2.24) is 14.8 Å². The van der Waals surface area contributed by atoms with Crippen molar-refractivity contribution in [3.63, 3.8) is 0 Å². The van der Waals surface area contributed by atoms with Crippen LogP contribution in [-0.2, 0) is 13.7 Å². The average Bonchev–Trinajstić information content (AvgIpc) is 2.73. The molecule has 1 aromatic heterocycles. The van der Waals surface area contributed by atoms with E-state index in [2.05, 4.69) is 16.1 Å². The number of nitrogens with two attached hydrogens (primary N) is 1. The van der Waals surface area contributed by atoms with E-state index in [-0.39, 0.29) is 6.04 Å². The molecule has 0 fully saturated rings. The van der Waals surface area contributed by atoms with Crippen LogP contribution in [0.3, 0.4) is 0 Å². The summed E-state index contributed by atoms with van der Waals surface area (Å²) in [5.74, 6) is 1.65. The number of aromatic nitrogens is 3. The summed E-state index contributed by atoms with van der Waals surface area (Å²) in [5, 5.41) is 4.00. The zero-order valence-corrected chi connectivity index (χ0v) is 10.9. The normalized spacial score (nSPS) is 12.4. The molecule has 18 heavy (non-hydrogen) atoms. The first-order valence-electron chi connectivity index (χ1n) is 5.89. The fourth-order valence-corrected chi connectivity index (χ4v) is 1.71. The number of hydrogen-bond donors (Lipinski definition) is 1.